The van der Waals surface area contributed by atoms with Gasteiger partial charge in [-0.1, -0.05) is 6.92 Å². The molecule has 0 radical (unpaired) electrons. The van der Waals surface area contributed by atoms with Gasteiger partial charge in [0.15, 0.2) is 5.01 Å². The van der Waals surface area contributed by atoms with Crippen molar-refractivity contribution in [3.63, 3.8) is 0 Å². The molecule has 2 rings (SSSR count). The maximum absolute atomic E-state index is 12.6. The first-order valence-electron chi connectivity index (χ1n) is 6.04. The molecule has 0 aliphatic rings. The molecule has 2 aromatic rings. The second kappa shape index (κ2) is 6.27. The van der Waals surface area contributed by atoms with Gasteiger partial charge in [0.1, 0.15) is 6.33 Å². The Kier molecular flexibility index (Phi) is 4.66. The highest BCUT2D eigenvalue weighted by Crippen LogP contribution is 2.35. The number of nitrogens with zero attached hydrogens (tertiary/aromatic N) is 3. The summed E-state index contributed by atoms with van der Waals surface area (Å²) in [6, 6.07) is 1.28. The van der Waals surface area contributed by atoms with E-state index in [-0.39, 0.29) is 0 Å². The highest BCUT2D eigenvalue weighted by molar-refractivity contribution is 7.11. The maximum Gasteiger partial charge on any atom is 0.443 e. The van der Waals surface area contributed by atoms with E-state index in [4.69, 9.17) is 0 Å². The summed E-state index contributed by atoms with van der Waals surface area (Å²) in [6.07, 6.45) is 0.648. The maximum atomic E-state index is 12.6. The Morgan fingerprint density at radius 2 is 2.15 bits per heavy atom. The molecule has 0 aliphatic carbocycles. The van der Waals surface area contributed by atoms with Gasteiger partial charge in [0.05, 0.1) is 11.7 Å². The Balaban J connectivity index is 2.29. The second-order valence-corrected chi connectivity index (χ2v) is 5.15. The van der Waals surface area contributed by atoms with E-state index < -0.39 is 17.2 Å². The monoisotopic (exact) mass is 302 g/mol. The van der Waals surface area contributed by atoms with Gasteiger partial charge in [-0.25, -0.2) is 15.0 Å². The molecule has 0 fully saturated rings. The van der Waals surface area contributed by atoms with Gasteiger partial charge in [-0.05, 0) is 19.0 Å². The lowest BCUT2D eigenvalue weighted by Crippen LogP contribution is -2.23. The Hall–Kier alpha value is -1.54. The number of halogens is 3. The number of aromatic nitrogens is 3. The second-order valence-electron chi connectivity index (χ2n) is 4.09. The minimum absolute atomic E-state index is 0.397. The Morgan fingerprint density at radius 3 is 2.70 bits per heavy atom. The summed E-state index contributed by atoms with van der Waals surface area (Å²) in [5, 5.41) is 2.34. The first-order chi connectivity index (χ1) is 9.52. The van der Waals surface area contributed by atoms with E-state index >= 15 is 0 Å². The van der Waals surface area contributed by atoms with Crippen LogP contribution in [0.1, 0.15) is 35.0 Å². The van der Waals surface area contributed by atoms with Crippen LogP contribution in [0.3, 0.4) is 0 Å². The highest BCUT2D eigenvalue weighted by Gasteiger charge is 2.35. The zero-order chi connectivity index (χ0) is 14.6. The summed E-state index contributed by atoms with van der Waals surface area (Å²) in [5.74, 6) is 0. The van der Waals surface area contributed by atoms with Crippen molar-refractivity contribution < 1.29 is 13.2 Å². The van der Waals surface area contributed by atoms with Crippen LogP contribution in [0, 0.1) is 0 Å². The van der Waals surface area contributed by atoms with Crippen molar-refractivity contribution in [2.75, 3.05) is 6.54 Å². The molecular formula is C12H13F3N4S. The largest absolute Gasteiger partial charge is 0.443 e. The van der Waals surface area contributed by atoms with E-state index in [0.29, 0.717) is 28.5 Å². The molecule has 1 N–H and O–H groups in total. The molecule has 0 bridgehead atoms. The molecule has 108 valence electrons. The number of alkyl halides is 3. The van der Waals surface area contributed by atoms with Crippen LogP contribution < -0.4 is 5.32 Å². The molecule has 4 nitrogen and oxygen atoms in total. The van der Waals surface area contributed by atoms with Gasteiger partial charge in [0.25, 0.3) is 0 Å². The van der Waals surface area contributed by atoms with Crippen LogP contribution in [0.2, 0.25) is 0 Å². The van der Waals surface area contributed by atoms with Crippen molar-refractivity contribution in [3.8, 4) is 0 Å². The summed E-state index contributed by atoms with van der Waals surface area (Å²) < 4.78 is 37.9. The third-order valence-electron chi connectivity index (χ3n) is 2.55. The molecule has 2 aromatic heterocycles. The van der Waals surface area contributed by atoms with E-state index in [1.165, 1.54) is 12.5 Å². The summed E-state index contributed by atoms with van der Waals surface area (Å²) in [6.45, 7) is 2.66. The van der Waals surface area contributed by atoms with Crippen molar-refractivity contribution in [1.29, 1.82) is 0 Å². The zero-order valence-corrected chi connectivity index (χ0v) is 11.5. The van der Waals surface area contributed by atoms with Crippen LogP contribution in [0.15, 0.2) is 24.8 Å². The van der Waals surface area contributed by atoms with Gasteiger partial charge in [0.2, 0.25) is 0 Å². The van der Waals surface area contributed by atoms with E-state index in [1.807, 2.05) is 6.92 Å². The van der Waals surface area contributed by atoms with Gasteiger partial charge in [-0.3, -0.25) is 0 Å². The summed E-state index contributed by atoms with van der Waals surface area (Å²) in [4.78, 5) is 11.9. The smallest absolute Gasteiger partial charge is 0.304 e. The van der Waals surface area contributed by atoms with Crippen molar-refractivity contribution in [2.45, 2.75) is 25.6 Å². The van der Waals surface area contributed by atoms with Crippen LogP contribution in [0.4, 0.5) is 13.2 Å². The van der Waals surface area contributed by atoms with Crippen LogP contribution in [-0.2, 0) is 6.18 Å². The summed E-state index contributed by atoms with van der Waals surface area (Å²) in [7, 11) is 0. The lowest BCUT2D eigenvalue weighted by atomic mass is 10.1. The molecule has 0 aliphatic heterocycles. The fraction of sp³-hybridized carbons (Fsp3) is 0.417. The fourth-order valence-electron chi connectivity index (χ4n) is 1.66. The van der Waals surface area contributed by atoms with Gasteiger partial charge < -0.3 is 5.32 Å². The average molecular weight is 302 g/mol. The predicted molar refractivity (Wildman–Crippen MR) is 69.3 cm³/mol. The van der Waals surface area contributed by atoms with Gasteiger partial charge >= 0.3 is 6.18 Å². The Bertz CT molecular complexity index is 541. The molecule has 0 amide bonds. The molecule has 1 unspecified atom stereocenters. The predicted octanol–water partition coefficient (Wildman–Crippen LogP) is 3.04. The topological polar surface area (TPSA) is 50.7 Å². The molecule has 1 atom stereocenters. The lowest BCUT2D eigenvalue weighted by Gasteiger charge is -2.15. The van der Waals surface area contributed by atoms with Gasteiger partial charge in [0, 0.05) is 17.3 Å². The molecular weight excluding hydrogens is 289 g/mol. The quantitative estimate of drug-likeness (QED) is 0.922. The van der Waals surface area contributed by atoms with Crippen LogP contribution >= 0.6 is 11.3 Å². The lowest BCUT2D eigenvalue weighted by molar-refractivity contribution is -0.137. The SMILES string of the molecule is CCCNC(c1ccncn1)c1cnc(C(F)(F)F)s1. The van der Waals surface area contributed by atoms with E-state index in [2.05, 4.69) is 20.3 Å². The van der Waals surface area contributed by atoms with Crippen LogP contribution in [0.25, 0.3) is 0 Å². The molecule has 2 heterocycles. The third-order valence-corrected chi connectivity index (χ3v) is 3.66. The number of hydrogen-bond acceptors (Lipinski definition) is 5. The minimum atomic E-state index is -4.41. The molecule has 8 heteroatoms. The number of rotatable bonds is 5. The highest BCUT2D eigenvalue weighted by atomic mass is 32.1. The number of hydrogen-bond donors (Lipinski definition) is 1. The molecule has 0 aromatic carbocycles. The Labute approximate surface area is 118 Å². The van der Waals surface area contributed by atoms with E-state index in [1.54, 1.807) is 12.3 Å². The van der Waals surface area contributed by atoms with E-state index in [9.17, 15) is 13.2 Å². The summed E-state index contributed by atoms with van der Waals surface area (Å²) in [5.41, 5.74) is 0.630. The number of nitrogens with one attached hydrogen (secondary N) is 1. The minimum Gasteiger partial charge on any atom is -0.304 e. The fourth-order valence-corrected chi connectivity index (χ4v) is 2.53. The van der Waals surface area contributed by atoms with Gasteiger partial charge in [-0.15, -0.1) is 11.3 Å². The molecule has 0 saturated carbocycles. The Morgan fingerprint density at radius 1 is 1.35 bits per heavy atom. The van der Waals surface area contributed by atoms with Crippen molar-refractivity contribution in [2.24, 2.45) is 0 Å². The number of thiazole rings is 1. The van der Waals surface area contributed by atoms with Crippen LogP contribution in [-0.4, -0.2) is 21.5 Å². The first kappa shape index (κ1) is 14.9. The van der Waals surface area contributed by atoms with Crippen LogP contribution in [0.5, 0.6) is 0 Å². The van der Waals surface area contributed by atoms with Crippen molar-refractivity contribution in [3.05, 3.63) is 40.4 Å². The first-order valence-corrected chi connectivity index (χ1v) is 6.86. The molecule has 20 heavy (non-hydrogen) atoms. The molecule has 0 spiro atoms. The van der Waals surface area contributed by atoms with Crippen molar-refractivity contribution in [1.82, 2.24) is 20.3 Å². The zero-order valence-electron chi connectivity index (χ0n) is 10.7. The standard InChI is InChI=1S/C12H13F3N4S/c1-2-4-17-10(8-3-5-16-7-19-8)9-6-18-11(20-9)12(13,14)15/h3,5-7,10,17H,2,4H2,1H3. The van der Waals surface area contributed by atoms with E-state index in [0.717, 1.165) is 6.42 Å². The van der Waals surface area contributed by atoms with Crippen molar-refractivity contribution >= 4 is 11.3 Å². The summed E-state index contributed by atoms with van der Waals surface area (Å²) >= 11 is 0.634. The normalized spacial score (nSPS) is 13.4. The third kappa shape index (κ3) is 3.51. The van der Waals surface area contributed by atoms with Gasteiger partial charge in [-0.2, -0.15) is 13.2 Å². The average Bonchev–Trinajstić information content (AvgIpc) is 2.90. The molecule has 0 saturated heterocycles.